The first-order valence-electron chi connectivity index (χ1n) is 7.41. The lowest BCUT2D eigenvalue weighted by molar-refractivity contribution is -0.116. The third-order valence-electron chi connectivity index (χ3n) is 3.57. The maximum Gasteiger partial charge on any atom is 0.246 e. The van der Waals surface area contributed by atoms with E-state index in [0.29, 0.717) is 11.4 Å². The summed E-state index contributed by atoms with van der Waals surface area (Å²) in [4.78, 5) is 12.4. The molecule has 1 aromatic carbocycles. The molecule has 8 nitrogen and oxygen atoms in total. The fraction of sp³-hybridized carbons (Fsp3) is 0.250. The summed E-state index contributed by atoms with van der Waals surface area (Å²) in [5.41, 5.74) is 3.22. The van der Waals surface area contributed by atoms with Gasteiger partial charge in [0.2, 0.25) is 5.91 Å². The fourth-order valence-electron chi connectivity index (χ4n) is 2.45. The van der Waals surface area contributed by atoms with Crippen LogP contribution in [0.2, 0.25) is 0 Å². The second-order valence-corrected chi connectivity index (χ2v) is 5.39. The Labute approximate surface area is 139 Å². The Morgan fingerprint density at radius 2 is 1.96 bits per heavy atom. The molecule has 0 aliphatic heterocycles. The van der Waals surface area contributed by atoms with Crippen molar-refractivity contribution in [3.8, 4) is 11.4 Å². The van der Waals surface area contributed by atoms with Gasteiger partial charge in [0.25, 0.3) is 0 Å². The third-order valence-corrected chi connectivity index (χ3v) is 3.57. The Bertz CT molecular complexity index is 854. The first kappa shape index (κ1) is 15.7. The normalized spacial score (nSPS) is 10.6. The maximum absolute atomic E-state index is 12.4. The van der Waals surface area contributed by atoms with Crippen LogP contribution in [0.1, 0.15) is 11.4 Å². The quantitative estimate of drug-likeness (QED) is 0.771. The van der Waals surface area contributed by atoms with Crippen molar-refractivity contribution < 1.29 is 9.53 Å². The molecule has 0 bridgehead atoms. The highest BCUT2D eigenvalue weighted by molar-refractivity contribution is 5.92. The van der Waals surface area contributed by atoms with E-state index in [9.17, 15) is 4.79 Å². The summed E-state index contributed by atoms with van der Waals surface area (Å²) >= 11 is 0. The molecule has 0 fully saturated rings. The maximum atomic E-state index is 12.4. The SMILES string of the molecule is COc1ccc(-n2cnnc2)cc1NC(=O)Cn1nc(C)cc1C. The van der Waals surface area contributed by atoms with E-state index >= 15 is 0 Å². The van der Waals surface area contributed by atoms with Gasteiger partial charge in [0.05, 0.1) is 24.2 Å². The van der Waals surface area contributed by atoms with Gasteiger partial charge in [-0.2, -0.15) is 5.10 Å². The van der Waals surface area contributed by atoms with Crippen LogP contribution < -0.4 is 10.1 Å². The van der Waals surface area contributed by atoms with E-state index in [1.165, 1.54) is 0 Å². The molecule has 124 valence electrons. The van der Waals surface area contributed by atoms with Crippen LogP contribution in [0, 0.1) is 13.8 Å². The highest BCUT2D eigenvalue weighted by Crippen LogP contribution is 2.27. The number of ether oxygens (including phenoxy) is 1. The van der Waals surface area contributed by atoms with Gasteiger partial charge >= 0.3 is 0 Å². The Morgan fingerprint density at radius 1 is 1.21 bits per heavy atom. The molecule has 0 saturated carbocycles. The van der Waals surface area contributed by atoms with Crippen LogP contribution in [0.3, 0.4) is 0 Å². The lowest BCUT2D eigenvalue weighted by Crippen LogP contribution is -2.20. The van der Waals surface area contributed by atoms with Crippen molar-refractivity contribution in [2.45, 2.75) is 20.4 Å². The number of nitrogens with one attached hydrogen (secondary N) is 1. The van der Waals surface area contributed by atoms with E-state index in [2.05, 4.69) is 20.6 Å². The third kappa shape index (κ3) is 3.27. The van der Waals surface area contributed by atoms with Crippen LogP contribution in [-0.4, -0.2) is 37.6 Å². The number of hydrogen-bond acceptors (Lipinski definition) is 5. The van der Waals surface area contributed by atoms with E-state index in [-0.39, 0.29) is 12.5 Å². The van der Waals surface area contributed by atoms with E-state index in [0.717, 1.165) is 17.1 Å². The van der Waals surface area contributed by atoms with E-state index in [1.54, 1.807) is 41.1 Å². The van der Waals surface area contributed by atoms with Gasteiger partial charge in [-0.1, -0.05) is 0 Å². The predicted molar refractivity (Wildman–Crippen MR) is 88.2 cm³/mol. The van der Waals surface area contributed by atoms with Gasteiger partial charge in [-0.3, -0.25) is 14.0 Å². The predicted octanol–water partition coefficient (Wildman–Crippen LogP) is 1.73. The molecule has 0 unspecified atom stereocenters. The minimum absolute atomic E-state index is 0.139. The number of aryl methyl sites for hydroxylation is 2. The minimum Gasteiger partial charge on any atom is -0.495 e. The number of nitrogens with zero attached hydrogens (tertiary/aromatic N) is 5. The van der Waals surface area contributed by atoms with Crippen LogP contribution in [0.25, 0.3) is 5.69 Å². The van der Waals surface area contributed by atoms with Crippen LogP contribution >= 0.6 is 0 Å². The summed E-state index contributed by atoms with van der Waals surface area (Å²) in [6.07, 6.45) is 3.17. The molecule has 0 spiro atoms. The molecule has 8 heteroatoms. The van der Waals surface area contributed by atoms with Crippen molar-refractivity contribution in [2.24, 2.45) is 0 Å². The largest absolute Gasteiger partial charge is 0.495 e. The summed E-state index contributed by atoms with van der Waals surface area (Å²) < 4.78 is 8.73. The van der Waals surface area contributed by atoms with E-state index < -0.39 is 0 Å². The molecule has 1 amide bonds. The van der Waals surface area contributed by atoms with Crippen LogP contribution in [0.5, 0.6) is 5.75 Å². The number of rotatable bonds is 5. The molecule has 1 N–H and O–H groups in total. The summed E-state index contributed by atoms with van der Waals surface area (Å²) in [5, 5.41) is 14.7. The highest BCUT2D eigenvalue weighted by Gasteiger charge is 2.12. The summed E-state index contributed by atoms with van der Waals surface area (Å²) in [6.45, 7) is 3.95. The molecule has 2 aromatic heterocycles. The van der Waals surface area contributed by atoms with Gasteiger partial charge in [-0.05, 0) is 38.1 Å². The summed E-state index contributed by atoms with van der Waals surface area (Å²) in [7, 11) is 1.56. The number of benzene rings is 1. The zero-order chi connectivity index (χ0) is 17.1. The van der Waals surface area contributed by atoms with Gasteiger partial charge in [0.1, 0.15) is 24.9 Å². The number of carbonyl (C=O) groups is 1. The zero-order valence-electron chi connectivity index (χ0n) is 13.7. The highest BCUT2D eigenvalue weighted by atomic mass is 16.5. The number of aromatic nitrogens is 5. The van der Waals surface area contributed by atoms with Gasteiger partial charge in [0, 0.05) is 5.69 Å². The van der Waals surface area contributed by atoms with Crippen molar-refractivity contribution in [3.63, 3.8) is 0 Å². The molecule has 0 atom stereocenters. The standard InChI is InChI=1S/C16H18N6O2/c1-11-6-12(2)22(20-11)8-16(23)19-14-7-13(4-5-15(14)24-3)21-9-17-18-10-21/h4-7,9-10H,8H2,1-3H3,(H,19,23). The molecule has 0 aliphatic carbocycles. The van der Waals surface area contributed by atoms with Crippen molar-refractivity contribution in [1.29, 1.82) is 0 Å². The number of hydrogen-bond donors (Lipinski definition) is 1. The molecular weight excluding hydrogens is 308 g/mol. The minimum atomic E-state index is -0.180. The monoisotopic (exact) mass is 326 g/mol. The Balaban J connectivity index is 1.81. The lowest BCUT2D eigenvalue weighted by Gasteiger charge is -2.12. The summed E-state index contributed by atoms with van der Waals surface area (Å²) in [6, 6.07) is 7.38. The van der Waals surface area contributed by atoms with Gasteiger partial charge in [0.15, 0.2) is 0 Å². The molecule has 0 aliphatic rings. The molecule has 3 aromatic rings. The number of anilines is 1. The van der Waals surface area contributed by atoms with Crippen molar-refractivity contribution >= 4 is 11.6 Å². The molecule has 2 heterocycles. The number of methoxy groups -OCH3 is 1. The number of carbonyl (C=O) groups excluding carboxylic acids is 1. The second kappa shape index (κ2) is 6.53. The fourth-order valence-corrected chi connectivity index (χ4v) is 2.45. The van der Waals surface area contributed by atoms with Gasteiger partial charge in [-0.25, -0.2) is 0 Å². The first-order chi connectivity index (χ1) is 11.6. The topological polar surface area (TPSA) is 86.9 Å². The molecule has 0 saturated heterocycles. The smallest absolute Gasteiger partial charge is 0.246 e. The van der Waals surface area contributed by atoms with Crippen molar-refractivity contribution in [3.05, 3.63) is 48.3 Å². The van der Waals surface area contributed by atoms with Gasteiger partial charge in [-0.15, -0.1) is 10.2 Å². The Kier molecular flexibility index (Phi) is 4.28. The van der Waals surface area contributed by atoms with Crippen molar-refractivity contribution in [1.82, 2.24) is 24.5 Å². The zero-order valence-corrected chi connectivity index (χ0v) is 13.7. The average Bonchev–Trinajstić information content (AvgIpc) is 3.17. The van der Waals surface area contributed by atoms with Crippen LogP contribution in [0.4, 0.5) is 5.69 Å². The van der Waals surface area contributed by atoms with Crippen molar-refractivity contribution in [2.75, 3.05) is 12.4 Å². The summed E-state index contributed by atoms with van der Waals surface area (Å²) in [5.74, 6) is 0.397. The van der Waals surface area contributed by atoms with E-state index in [1.807, 2.05) is 26.0 Å². The molecular formula is C16H18N6O2. The second-order valence-electron chi connectivity index (χ2n) is 5.39. The Hall–Kier alpha value is -3.16. The van der Waals surface area contributed by atoms with E-state index in [4.69, 9.17) is 4.74 Å². The van der Waals surface area contributed by atoms with Crippen LogP contribution in [-0.2, 0) is 11.3 Å². The average molecular weight is 326 g/mol. The van der Waals surface area contributed by atoms with Crippen LogP contribution in [0.15, 0.2) is 36.9 Å². The molecule has 3 rings (SSSR count). The lowest BCUT2D eigenvalue weighted by atomic mass is 10.2. The molecule has 24 heavy (non-hydrogen) atoms. The molecule has 0 radical (unpaired) electrons. The van der Waals surface area contributed by atoms with Gasteiger partial charge < -0.3 is 10.1 Å². The first-order valence-corrected chi connectivity index (χ1v) is 7.41. The Morgan fingerprint density at radius 3 is 2.58 bits per heavy atom. The number of amides is 1.